The molecule has 3 nitrogen and oxygen atoms in total. The first kappa shape index (κ1) is 19.0. The minimum atomic E-state index is -0.348. The lowest BCUT2D eigenvalue weighted by atomic mass is 9.93. The summed E-state index contributed by atoms with van der Waals surface area (Å²) in [5, 5.41) is 10.9. The Hall–Kier alpha value is -1.81. The number of aliphatic hydroxyl groups is 1. The second-order valence-electron chi connectivity index (χ2n) is 6.77. The van der Waals surface area contributed by atoms with E-state index in [9.17, 15) is 5.11 Å². The van der Waals surface area contributed by atoms with Gasteiger partial charge in [0.1, 0.15) is 5.75 Å². The van der Waals surface area contributed by atoms with Crippen LogP contribution in [-0.2, 0) is 11.2 Å². The maximum Gasteiger partial charge on any atom is 0.118 e. The molecule has 0 aromatic heterocycles. The molecule has 2 aromatic rings. The largest absolute Gasteiger partial charge is 0.497 e. The zero-order valence-corrected chi connectivity index (χ0v) is 15.8. The van der Waals surface area contributed by atoms with E-state index in [0.29, 0.717) is 12.8 Å². The van der Waals surface area contributed by atoms with Crippen molar-refractivity contribution < 1.29 is 14.6 Å². The van der Waals surface area contributed by atoms with Gasteiger partial charge in [-0.3, -0.25) is 0 Å². The van der Waals surface area contributed by atoms with E-state index in [1.54, 1.807) is 7.11 Å². The molecule has 3 unspecified atom stereocenters. The molecule has 1 aliphatic heterocycles. The zero-order valence-electron chi connectivity index (χ0n) is 15.0. The number of hydrogen-bond donors (Lipinski definition) is 1. The van der Waals surface area contributed by atoms with E-state index in [0.717, 1.165) is 34.7 Å². The standard InChI is InChI=1S/C22H25ClO3/c1-3-4-20-13-18(24)14-22(26-20)16-7-10-21(23)17(12-16)11-15-5-8-19(25-2)9-6-15/h3,5-10,12,18,20,22,24H,1,4,11,13-14H2,2H3. The maximum absolute atomic E-state index is 10.2. The summed E-state index contributed by atoms with van der Waals surface area (Å²) in [6.45, 7) is 3.77. The Morgan fingerprint density at radius 2 is 2.00 bits per heavy atom. The molecule has 2 aromatic carbocycles. The minimum absolute atomic E-state index is 0.0157. The van der Waals surface area contributed by atoms with Crippen molar-refractivity contribution in [1.82, 2.24) is 0 Å². The van der Waals surface area contributed by atoms with Crippen molar-refractivity contribution in [1.29, 1.82) is 0 Å². The summed E-state index contributed by atoms with van der Waals surface area (Å²) in [7, 11) is 1.66. The minimum Gasteiger partial charge on any atom is -0.497 e. The van der Waals surface area contributed by atoms with Gasteiger partial charge >= 0.3 is 0 Å². The van der Waals surface area contributed by atoms with E-state index < -0.39 is 0 Å². The van der Waals surface area contributed by atoms with Gasteiger partial charge in [-0.1, -0.05) is 41.9 Å². The molecule has 3 rings (SSSR count). The molecule has 26 heavy (non-hydrogen) atoms. The summed E-state index contributed by atoms with van der Waals surface area (Å²) >= 11 is 6.42. The van der Waals surface area contributed by atoms with Crippen LogP contribution in [0.1, 0.15) is 42.1 Å². The van der Waals surface area contributed by atoms with Gasteiger partial charge in [0.05, 0.1) is 25.4 Å². The summed E-state index contributed by atoms with van der Waals surface area (Å²) in [5.41, 5.74) is 3.28. The van der Waals surface area contributed by atoms with Crippen LogP contribution in [0.4, 0.5) is 0 Å². The molecule has 0 radical (unpaired) electrons. The molecule has 1 N–H and O–H groups in total. The van der Waals surface area contributed by atoms with Gasteiger partial charge in [-0.15, -0.1) is 6.58 Å². The van der Waals surface area contributed by atoms with Crippen molar-refractivity contribution in [3.63, 3.8) is 0 Å². The lowest BCUT2D eigenvalue weighted by Crippen LogP contribution is -2.31. The number of hydrogen-bond acceptors (Lipinski definition) is 3. The fourth-order valence-corrected chi connectivity index (χ4v) is 3.62. The third-order valence-corrected chi connectivity index (χ3v) is 5.17. The van der Waals surface area contributed by atoms with Crippen LogP contribution in [0.25, 0.3) is 0 Å². The average Bonchev–Trinajstić information content (AvgIpc) is 2.64. The molecular formula is C22H25ClO3. The number of ether oxygens (including phenoxy) is 2. The molecule has 3 atom stereocenters. The monoisotopic (exact) mass is 372 g/mol. The predicted molar refractivity (Wildman–Crippen MR) is 105 cm³/mol. The summed E-state index contributed by atoms with van der Waals surface area (Å²) in [5.74, 6) is 0.839. The highest BCUT2D eigenvalue weighted by Gasteiger charge is 2.29. The van der Waals surface area contributed by atoms with Gasteiger partial charge in [-0.25, -0.2) is 0 Å². The van der Waals surface area contributed by atoms with E-state index in [1.807, 2.05) is 42.5 Å². The molecule has 1 heterocycles. The van der Waals surface area contributed by atoms with Gasteiger partial charge in [0.2, 0.25) is 0 Å². The first-order valence-electron chi connectivity index (χ1n) is 8.94. The van der Waals surface area contributed by atoms with Gasteiger partial charge in [0.25, 0.3) is 0 Å². The van der Waals surface area contributed by atoms with Crippen molar-refractivity contribution in [3.8, 4) is 5.75 Å². The molecule has 0 bridgehead atoms. The van der Waals surface area contributed by atoms with Crippen molar-refractivity contribution in [2.45, 2.75) is 44.0 Å². The average molecular weight is 373 g/mol. The van der Waals surface area contributed by atoms with Crippen LogP contribution in [0.5, 0.6) is 5.75 Å². The number of aliphatic hydroxyl groups excluding tert-OH is 1. The summed E-state index contributed by atoms with van der Waals surface area (Å²) in [4.78, 5) is 0. The second-order valence-corrected chi connectivity index (χ2v) is 7.18. The molecule has 0 aliphatic carbocycles. The Balaban J connectivity index is 1.79. The zero-order chi connectivity index (χ0) is 18.5. The summed E-state index contributed by atoms with van der Waals surface area (Å²) < 4.78 is 11.4. The first-order chi connectivity index (χ1) is 12.6. The lowest BCUT2D eigenvalue weighted by Gasteiger charge is -2.33. The number of methoxy groups -OCH3 is 1. The molecular weight excluding hydrogens is 348 g/mol. The molecule has 1 saturated heterocycles. The topological polar surface area (TPSA) is 38.7 Å². The van der Waals surface area contributed by atoms with Crippen molar-refractivity contribution in [2.75, 3.05) is 7.11 Å². The molecule has 4 heteroatoms. The molecule has 0 amide bonds. The molecule has 1 aliphatic rings. The van der Waals surface area contributed by atoms with E-state index in [1.165, 1.54) is 5.56 Å². The van der Waals surface area contributed by atoms with Gasteiger partial charge in [0.15, 0.2) is 0 Å². The first-order valence-corrected chi connectivity index (χ1v) is 9.32. The summed E-state index contributed by atoms with van der Waals surface area (Å²) in [6, 6.07) is 14.0. The van der Waals surface area contributed by atoms with Gasteiger partial charge in [-0.05, 0) is 54.2 Å². The normalized spacial score (nSPS) is 22.8. The fourth-order valence-electron chi connectivity index (χ4n) is 3.44. The van der Waals surface area contributed by atoms with Crippen LogP contribution < -0.4 is 4.74 Å². The fraction of sp³-hybridized carbons (Fsp3) is 0.364. The molecule has 1 fully saturated rings. The van der Waals surface area contributed by atoms with Crippen LogP contribution in [0.2, 0.25) is 5.02 Å². The van der Waals surface area contributed by atoms with E-state index in [2.05, 4.69) is 12.6 Å². The predicted octanol–water partition coefficient (Wildman–Crippen LogP) is 5.10. The highest BCUT2D eigenvalue weighted by molar-refractivity contribution is 6.31. The Kier molecular flexibility index (Phi) is 6.36. The van der Waals surface area contributed by atoms with Crippen LogP contribution in [-0.4, -0.2) is 24.4 Å². The summed E-state index contributed by atoms with van der Waals surface area (Å²) in [6.07, 6.45) is 4.15. The highest BCUT2D eigenvalue weighted by Crippen LogP contribution is 2.34. The van der Waals surface area contributed by atoms with Crippen molar-refractivity contribution in [3.05, 3.63) is 76.8 Å². The van der Waals surface area contributed by atoms with Crippen molar-refractivity contribution >= 4 is 11.6 Å². The third kappa shape index (κ3) is 4.67. The van der Waals surface area contributed by atoms with Crippen LogP contribution >= 0.6 is 11.6 Å². The molecule has 138 valence electrons. The van der Waals surface area contributed by atoms with E-state index in [-0.39, 0.29) is 18.3 Å². The molecule has 0 spiro atoms. The van der Waals surface area contributed by atoms with Gasteiger partial charge in [-0.2, -0.15) is 0 Å². The number of benzene rings is 2. The Bertz CT molecular complexity index is 742. The number of halogens is 1. The quantitative estimate of drug-likeness (QED) is 0.717. The Labute approximate surface area is 160 Å². The third-order valence-electron chi connectivity index (χ3n) is 4.80. The van der Waals surface area contributed by atoms with Crippen LogP contribution in [0, 0.1) is 0 Å². The lowest BCUT2D eigenvalue weighted by molar-refractivity contribution is -0.0958. The van der Waals surface area contributed by atoms with Gasteiger partial charge in [0, 0.05) is 11.4 Å². The highest BCUT2D eigenvalue weighted by atomic mass is 35.5. The van der Waals surface area contributed by atoms with Gasteiger partial charge < -0.3 is 14.6 Å². The van der Waals surface area contributed by atoms with Crippen LogP contribution in [0.3, 0.4) is 0 Å². The van der Waals surface area contributed by atoms with E-state index >= 15 is 0 Å². The van der Waals surface area contributed by atoms with Crippen molar-refractivity contribution in [2.24, 2.45) is 0 Å². The molecule has 0 saturated carbocycles. The maximum atomic E-state index is 10.2. The van der Waals surface area contributed by atoms with E-state index in [4.69, 9.17) is 21.1 Å². The Morgan fingerprint density at radius 3 is 2.69 bits per heavy atom. The van der Waals surface area contributed by atoms with Crippen LogP contribution in [0.15, 0.2) is 55.1 Å². The SMILES string of the molecule is C=CCC1CC(O)CC(c2ccc(Cl)c(Cc3ccc(OC)cc3)c2)O1. The second kappa shape index (κ2) is 8.72. The Morgan fingerprint density at radius 1 is 1.23 bits per heavy atom. The smallest absolute Gasteiger partial charge is 0.118 e. The number of rotatable bonds is 6.